The molecule has 0 saturated heterocycles. The van der Waals surface area contributed by atoms with Gasteiger partial charge in [-0.2, -0.15) is 12.6 Å². The third-order valence-electron chi connectivity index (χ3n) is 4.10. The zero-order valence-corrected chi connectivity index (χ0v) is 18.6. The molecule has 0 bridgehead atoms. The van der Waals surface area contributed by atoms with Crippen LogP contribution in [0.1, 0.15) is 32.6 Å². The van der Waals surface area contributed by atoms with Crippen molar-refractivity contribution in [3.63, 3.8) is 0 Å². The summed E-state index contributed by atoms with van der Waals surface area (Å²) in [6, 6.07) is -4.59. The Morgan fingerprint density at radius 3 is 1.84 bits per heavy atom. The number of aliphatic imine (C=N–C) groups is 1. The van der Waals surface area contributed by atoms with Crippen molar-refractivity contribution in [2.24, 2.45) is 27.9 Å². The fourth-order valence-electron chi connectivity index (χ4n) is 2.36. The molecule has 0 aromatic carbocycles. The lowest BCUT2D eigenvalue weighted by Gasteiger charge is -2.24. The van der Waals surface area contributed by atoms with Crippen LogP contribution < -0.4 is 38.9 Å². The third-order valence-corrected chi connectivity index (χ3v) is 4.47. The highest BCUT2D eigenvalue weighted by Gasteiger charge is 2.29. The summed E-state index contributed by atoms with van der Waals surface area (Å²) in [5, 5.41) is 16.2. The highest BCUT2D eigenvalue weighted by molar-refractivity contribution is 7.80. The number of rotatable bonds is 15. The Bertz CT molecular complexity index is 713. The number of carbonyl (C=O) groups is 5. The standard InChI is InChI=1S/C17H32N8O6S/c1-8(18)13(27)23-10(4-5-12(19)26)15(29)24-9(3-2-6-22-17(20)21)14(28)25-11(7-32)16(30)31/h8-11,32H,2-7,18H2,1H3,(H2,19,26)(H,23,27)(H,24,29)(H,25,28)(H,30,31)(H4,20,21,22). The molecule has 0 aromatic rings. The number of guanidine groups is 1. The van der Waals surface area contributed by atoms with Crippen LogP contribution in [0.5, 0.6) is 0 Å². The van der Waals surface area contributed by atoms with Crippen molar-refractivity contribution in [3.05, 3.63) is 0 Å². The van der Waals surface area contributed by atoms with Crippen molar-refractivity contribution in [1.29, 1.82) is 0 Å². The molecular formula is C17H32N8O6S. The zero-order chi connectivity index (χ0) is 24.8. The summed E-state index contributed by atoms with van der Waals surface area (Å²) < 4.78 is 0. The maximum Gasteiger partial charge on any atom is 0.327 e. The predicted octanol–water partition coefficient (Wildman–Crippen LogP) is -3.88. The van der Waals surface area contributed by atoms with Gasteiger partial charge >= 0.3 is 5.97 Å². The van der Waals surface area contributed by atoms with Gasteiger partial charge in [-0.05, 0) is 26.2 Å². The van der Waals surface area contributed by atoms with Gasteiger partial charge in [-0.3, -0.25) is 24.2 Å². The van der Waals surface area contributed by atoms with Crippen LogP contribution >= 0.6 is 12.6 Å². The van der Waals surface area contributed by atoms with Crippen LogP contribution in [0.15, 0.2) is 4.99 Å². The summed E-state index contributed by atoms with van der Waals surface area (Å²) in [5.74, 6) is -4.53. The number of carbonyl (C=O) groups excluding carboxylic acids is 4. The molecule has 0 aliphatic carbocycles. The first-order valence-electron chi connectivity index (χ1n) is 9.73. The minimum Gasteiger partial charge on any atom is -0.480 e. The fourth-order valence-corrected chi connectivity index (χ4v) is 2.61. The lowest BCUT2D eigenvalue weighted by atomic mass is 10.1. The summed E-state index contributed by atoms with van der Waals surface area (Å²) in [4.78, 5) is 63.4. The number of hydrogen-bond acceptors (Lipinski definition) is 8. The Balaban J connectivity index is 5.47. The minimum atomic E-state index is -1.30. The summed E-state index contributed by atoms with van der Waals surface area (Å²) in [6.45, 7) is 1.56. The summed E-state index contributed by atoms with van der Waals surface area (Å²) in [7, 11) is 0. The number of aliphatic carboxylic acids is 1. The highest BCUT2D eigenvalue weighted by Crippen LogP contribution is 2.04. The van der Waals surface area contributed by atoms with Crippen LogP contribution in [0.3, 0.4) is 0 Å². The van der Waals surface area contributed by atoms with Crippen LogP contribution in [0.2, 0.25) is 0 Å². The molecule has 14 nitrogen and oxygen atoms in total. The van der Waals surface area contributed by atoms with E-state index >= 15 is 0 Å². The average molecular weight is 477 g/mol. The van der Waals surface area contributed by atoms with Crippen LogP contribution in [-0.2, 0) is 24.0 Å². The largest absolute Gasteiger partial charge is 0.480 e. The molecule has 4 amide bonds. The van der Waals surface area contributed by atoms with E-state index < -0.39 is 53.8 Å². The monoisotopic (exact) mass is 476 g/mol. The second-order valence-corrected chi connectivity index (χ2v) is 7.31. The van der Waals surface area contributed by atoms with Crippen molar-refractivity contribution in [3.8, 4) is 0 Å². The zero-order valence-electron chi connectivity index (χ0n) is 17.7. The van der Waals surface area contributed by atoms with Crippen LogP contribution in [-0.4, -0.2) is 77.1 Å². The number of nitrogens with one attached hydrogen (secondary N) is 3. The first-order valence-corrected chi connectivity index (χ1v) is 10.4. The number of amides is 4. The SMILES string of the molecule is CC(N)C(=O)NC(CCC(N)=O)C(=O)NC(CCCN=C(N)N)C(=O)NC(CS)C(=O)O. The molecule has 182 valence electrons. The first-order chi connectivity index (χ1) is 14.9. The summed E-state index contributed by atoms with van der Waals surface area (Å²) in [5.41, 5.74) is 21.1. The number of carboxylic acid groups (broad SMARTS) is 1. The number of carboxylic acids is 1. The van der Waals surface area contributed by atoms with Gasteiger partial charge < -0.3 is 44.0 Å². The van der Waals surface area contributed by atoms with Gasteiger partial charge in [-0.25, -0.2) is 4.79 Å². The molecule has 0 aromatic heterocycles. The van der Waals surface area contributed by atoms with Gasteiger partial charge in [0.15, 0.2) is 5.96 Å². The predicted molar refractivity (Wildman–Crippen MR) is 119 cm³/mol. The van der Waals surface area contributed by atoms with Crippen molar-refractivity contribution in [2.75, 3.05) is 12.3 Å². The highest BCUT2D eigenvalue weighted by atomic mass is 32.1. The summed E-state index contributed by atoms with van der Waals surface area (Å²) in [6.07, 6.45) is -0.0140. The van der Waals surface area contributed by atoms with Gasteiger partial charge in [0.1, 0.15) is 18.1 Å². The molecule has 0 fully saturated rings. The molecule has 4 atom stereocenters. The molecule has 4 unspecified atom stereocenters. The van der Waals surface area contributed by atoms with E-state index in [1.165, 1.54) is 6.92 Å². The maximum absolute atomic E-state index is 12.8. The Kier molecular flexibility index (Phi) is 13.4. The molecule has 12 N–H and O–H groups in total. The Morgan fingerprint density at radius 2 is 1.41 bits per heavy atom. The van der Waals surface area contributed by atoms with Gasteiger partial charge in [-0.1, -0.05) is 0 Å². The topological polar surface area (TPSA) is 258 Å². The quantitative estimate of drug-likeness (QED) is 0.0483. The van der Waals surface area contributed by atoms with Gasteiger partial charge in [-0.15, -0.1) is 0 Å². The molecule has 0 heterocycles. The Morgan fingerprint density at radius 1 is 0.906 bits per heavy atom. The van der Waals surface area contributed by atoms with Crippen molar-refractivity contribution in [1.82, 2.24) is 16.0 Å². The van der Waals surface area contributed by atoms with Crippen molar-refractivity contribution < 1.29 is 29.1 Å². The molecule has 0 rings (SSSR count). The maximum atomic E-state index is 12.8. The fraction of sp³-hybridized carbons (Fsp3) is 0.647. The van der Waals surface area contributed by atoms with Gasteiger partial charge in [0.2, 0.25) is 23.6 Å². The molecule has 32 heavy (non-hydrogen) atoms. The average Bonchev–Trinajstić information content (AvgIpc) is 2.69. The second-order valence-electron chi connectivity index (χ2n) is 6.95. The number of nitrogens with zero attached hydrogens (tertiary/aromatic N) is 1. The van der Waals surface area contributed by atoms with Crippen LogP contribution in [0, 0.1) is 0 Å². The van der Waals surface area contributed by atoms with E-state index in [1.807, 2.05) is 0 Å². The summed E-state index contributed by atoms with van der Waals surface area (Å²) >= 11 is 3.88. The van der Waals surface area contributed by atoms with Gasteiger partial charge in [0.05, 0.1) is 6.04 Å². The van der Waals surface area contributed by atoms with E-state index in [1.54, 1.807) is 0 Å². The third kappa shape index (κ3) is 11.9. The Hall–Kier alpha value is -3.07. The molecule has 0 aliphatic rings. The Labute approximate surface area is 190 Å². The van der Waals surface area contributed by atoms with Crippen LogP contribution in [0.4, 0.5) is 0 Å². The number of thiol groups is 1. The first kappa shape index (κ1) is 28.9. The van der Waals surface area contributed by atoms with E-state index in [0.29, 0.717) is 0 Å². The molecular weight excluding hydrogens is 444 g/mol. The number of nitrogens with two attached hydrogens (primary N) is 4. The van der Waals surface area contributed by atoms with E-state index in [0.717, 1.165) is 0 Å². The lowest BCUT2D eigenvalue weighted by Crippen LogP contribution is -2.57. The van der Waals surface area contributed by atoms with Crippen LogP contribution in [0.25, 0.3) is 0 Å². The lowest BCUT2D eigenvalue weighted by molar-refractivity contribution is -0.141. The smallest absolute Gasteiger partial charge is 0.327 e. The van der Waals surface area contributed by atoms with Crippen molar-refractivity contribution >= 4 is 48.2 Å². The molecule has 0 spiro atoms. The number of hydrogen-bond donors (Lipinski definition) is 9. The second kappa shape index (κ2) is 14.9. The van der Waals surface area contributed by atoms with Crippen molar-refractivity contribution in [2.45, 2.75) is 56.8 Å². The minimum absolute atomic E-state index is 0.0526. The van der Waals surface area contributed by atoms with Gasteiger partial charge in [0, 0.05) is 18.7 Å². The van der Waals surface area contributed by atoms with E-state index in [2.05, 4.69) is 33.6 Å². The van der Waals surface area contributed by atoms with Gasteiger partial charge in [0.25, 0.3) is 0 Å². The van der Waals surface area contributed by atoms with E-state index in [4.69, 9.17) is 28.0 Å². The molecule has 0 saturated carbocycles. The van der Waals surface area contributed by atoms with E-state index in [-0.39, 0.29) is 43.9 Å². The molecule has 15 heteroatoms. The molecule has 0 aliphatic heterocycles. The molecule has 0 radical (unpaired) electrons. The number of primary amides is 1. The normalized spacial score (nSPS) is 14.2. The van der Waals surface area contributed by atoms with E-state index in [9.17, 15) is 24.0 Å².